The molecule has 1 rings (SSSR count). The number of hydrogen-bond donors (Lipinski definition) is 4. The van der Waals surface area contributed by atoms with Gasteiger partial charge in [0.15, 0.2) is 0 Å². The minimum Gasteiger partial charge on any atom is -0.356 e. The van der Waals surface area contributed by atoms with E-state index in [1.807, 2.05) is 6.92 Å². The van der Waals surface area contributed by atoms with Gasteiger partial charge >= 0.3 is 0 Å². The molecule has 2 amide bonds. The van der Waals surface area contributed by atoms with Crippen molar-refractivity contribution in [2.45, 2.75) is 19.4 Å². The summed E-state index contributed by atoms with van der Waals surface area (Å²) in [4.78, 5) is 22.7. The van der Waals surface area contributed by atoms with Crippen molar-refractivity contribution < 1.29 is 9.59 Å². The summed E-state index contributed by atoms with van der Waals surface area (Å²) in [6.07, 6.45) is 0.333. The van der Waals surface area contributed by atoms with E-state index >= 15 is 0 Å². The maximum atomic E-state index is 11.6. The fourth-order valence-corrected chi connectivity index (χ4v) is 1.55. The van der Waals surface area contributed by atoms with Gasteiger partial charge < -0.3 is 21.3 Å². The Kier molecular flexibility index (Phi) is 5.81. The van der Waals surface area contributed by atoms with Crippen LogP contribution in [0.4, 0.5) is 0 Å². The molecule has 92 valence electrons. The third-order valence-corrected chi connectivity index (χ3v) is 2.38. The number of nitrogens with one attached hydrogen (secondary N) is 4. The van der Waals surface area contributed by atoms with Crippen LogP contribution in [0.25, 0.3) is 0 Å². The molecule has 1 heterocycles. The second-order valence-corrected chi connectivity index (χ2v) is 3.71. The Balaban J connectivity index is 2.12. The van der Waals surface area contributed by atoms with E-state index in [0.717, 1.165) is 13.1 Å². The molecule has 0 aliphatic carbocycles. The van der Waals surface area contributed by atoms with Gasteiger partial charge in [-0.3, -0.25) is 9.59 Å². The van der Waals surface area contributed by atoms with Gasteiger partial charge in [-0.25, -0.2) is 0 Å². The normalized spacial score (nSPS) is 20.2. The molecule has 1 fully saturated rings. The van der Waals surface area contributed by atoms with Crippen LogP contribution in [-0.2, 0) is 9.59 Å². The molecule has 1 saturated heterocycles. The maximum Gasteiger partial charge on any atom is 0.238 e. The van der Waals surface area contributed by atoms with Gasteiger partial charge in [0.2, 0.25) is 11.8 Å². The van der Waals surface area contributed by atoms with Crippen LogP contribution in [-0.4, -0.2) is 50.6 Å². The second kappa shape index (κ2) is 7.19. The molecule has 0 radical (unpaired) electrons. The fourth-order valence-electron chi connectivity index (χ4n) is 1.55. The number of hydrogen-bond acceptors (Lipinski definition) is 4. The second-order valence-electron chi connectivity index (χ2n) is 3.71. The highest BCUT2D eigenvalue weighted by Crippen LogP contribution is 1.87. The van der Waals surface area contributed by atoms with E-state index in [0.29, 0.717) is 26.1 Å². The Morgan fingerprint density at radius 2 is 2.12 bits per heavy atom. The van der Waals surface area contributed by atoms with E-state index in [-0.39, 0.29) is 17.9 Å². The zero-order valence-corrected chi connectivity index (χ0v) is 9.64. The molecule has 16 heavy (non-hydrogen) atoms. The molecule has 0 bridgehead atoms. The minimum absolute atomic E-state index is 0.0301. The van der Waals surface area contributed by atoms with E-state index in [2.05, 4.69) is 21.3 Å². The van der Waals surface area contributed by atoms with Crippen molar-refractivity contribution in [2.24, 2.45) is 0 Å². The third kappa shape index (κ3) is 4.59. The Morgan fingerprint density at radius 1 is 1.31 bits per heavy atom. The molecule has 6 heteroatoms. The first-order valence-electron chi connectivity index (χ1n) is 5.72. The van der Waals surface area contributed by atoms with Crippen LogP contribution in [0.15, 0.2) is 0 Å². The number of carbonyl (C=O) groups excluding carboxylic acids is 2. The Bertz CT molecular complexity index is 239. The van der Waals surface area contributed by atoms with E-state index in [4.69, 9.17) is 0 Å². The highest BCUT2D eigenvalue weighted by atomic mass is 16.2. The molecule has 0 spiro atoms. The zero-order chi connectivity index (χ0) is 11.8. The van der Waals surface area contributed by atoms with Gasteiger partial charge in [-0.15, -0.1) is 0 Å². The molecule has 0 aromatic heterocycles. The number of piperazine rings is 1. The summed E-state index contributed by atoms with van der Waals surface area (Å²) in [6.45, 7) is 5.22. The lowest BCUT2D eigenvalue weighted by molar-refractivity contribution is -0.123. The molecule has 1 atom stereocenters. The summed E-state index contributed by atoms with van der Waals surface area (Å²) in [7, 11) is 0. The van der Waals surface area contributed by atoms with Crippen molar-refractivity contribution in [1.29, 1.82) is 0 Å². The van der Waals surface area contributed by atoms with E-state index in [1.165, 1.54) is 0 Å². The molecule has 0 aromatic carbocycles. The van der Waals surface area contributed by atoms with Crippen molar-refractivity contribution in [3.05, 3.63) is 0 Å². The molecule has 1 aliphatic heterocycles. The lowest BCUT2D eigenvalue weighted by Crippen LogP contribution is -2.55. The standard InChI is InChI=1S/C10H20N4O2/c1-2-12-9(15)3-4-14-10(16)8-7-11-5-6-13-8/h8,11,13H,2-7H2,1H3,(H,12,15)(H,14,16). The van der Waals surface area contributed by atoms with Crippen LogP contribution < -0.4 is 21.3 Å². The van der Waals surface area contributed by atoms with Crippen molar-refractivity contribution in [3.8, 4) is 0 Å². The first kappa shape index (κ1) is 12.9. The fraction of sp³-hybridized carbons (Fsp3) is 0.800. The Morgan fingerprint density at radius 3 is 2.75 bits per heavy atom. The van der Waals surface area contributed by atoms with Crippen molar-refractivity contribution in [1.82, 2.24) is 21.3 Å². The van der Waals surface area contributed by atoms with Gasteiger partial charge in [0, 0.05) is 39.1 Å². The van der Waals surface area contributed by atoms with Crippen molar-refractivity contribution >= 4 is 11.8 Å². The lowest BCUT2D eigenvalue weighted by atomic mass is 10.2. The van der Waals surface area contributed by atoms with Crippen LogP contribution in [0.2, 0.25) is 0 Å². The number of rotatable bonds is 5. The first-order valence-corrected chi connectivity index (χ1v) is 5.72. The third-order valence-electron chi connectivity index (χ3n) is 2.38. The van der Waals surface area contributed by atoms with Gasteiger partial charge in [-0.2, -0.15) is 0 Å². The monoisotopic (exact) mass is 228 g/mol. The molecule has 0 aromatic rings. The Labute approximate surface area is 95.5 Å². The molecule has 1 aliphatic rings. The molecule has 6 nitrogen and oxygen atoms in total. The van der Waals surface area contributed by atoms with E-state index < -0.39 is 0 Å². The average Bonchev–Trinajstić information content (AvgIpc) is 2.30. The van der Waals surface area contributed by atoms with Gasteiger partial charge in [-0.05, 0) is 6.92 Å². The van der Waals surface area contributed by atoms with Gasteiger partial charge in [-0.1, -0.05) is 0 Å². The average molecular weight is 228 g/mol. The highest BCUT2D eigenvalue weighted by molar-refractivity contribution is 5.83. The van der Waals surface area contributed by atoms with Gasteiger partial charge in [0.1, 0.15) is 0 Å². The molecular weight excluding hydrogens is 208 g/mol. The van der Waals surface area contributed by atoms with Crippen LogP contribution in [0.5, 0.6) is 0 Å². The molecule has 0 saturated carbocycles. The topological polar surface area (TPSA) is 82.3 Å². The smallest absolute Gasteiger partial charge is 0.238 e. The maximum absolute atomic E-state index is 11.6. The molecule has 4 N–H and O–H groups in total. The SMILES string of the molecule is CCNC(=O)CCNC(=O)C1CNCCN1. The van der Waals surface area contributed by atoms with Crippen LogP contribution in [0.1, 0.15) is 13.3 Å². The summed E-state index contributed by atoms with van der Waals surface area (Å²) in [6, 6.07) is -0.178. The van der Waals surface area contributed by atoms with Crippen molar-refractivity contribution in [3.63, 3.8) is 0 Å². The van der Waals surface area contributed by atoms with Crippen LogP contribution in [0, 0.1) is 0 Å². The molecular formula is C10H20N4O2. The van der Waals surface area contributed by atoms with Crippen LogP contribution >= 0.6 is 0 Å². The zero-order valence-electron chi connectivity index (χ0n) is 9.64. The quantitative estimate of drug-likeness (QED) is 0.447. The summed E-state index contributed by atoms with van der Waals surface area (Å²) >= 11 is 0. The minimum atomic E-state index is -0.178. The van der Waals surface area contributed by atoms with Crippen LogP contribution in [0.3, 0.4) is 0 Å². The lowest BCUT2D eigenvalue weighted by Gasteiger charge is -2.23. The van der Waals surface area contributed by atoms with E-state index in [9.17, 15) is 9.59 Å². The highest BCUT2D eigenvalue weighted by Gasteiger charge is 2.19. The van der Waals surface area contributed by atoms with E-state index in [1.54, 1.807) is 0 Å². The summed E-state index contributed by atoms with van der Waals surface area (Å²) < 4.78 is 0. The number of carbonyl (C=O) groups is 2. The van der Waals surface area contributed by atoms with Gasteiger partial charge in [0.25, 0.3) is 0 Å². The largest absolute Gasteiger partial charge is 0.356 e. The van der Waals surface area contributed by atoms with Gasteiger partial charge in [0.05, 0.1) is 6.04 Å². The number of amides is 2. The predicted molar refractivity (Wildman–Crippen MR) is 61.0 cm³/mol. The summed E-state index contributed by atoms with van der Waals surface area (Å²) in [5.74, 6) is -0.0750. The summed E-state index contributed by atoms with van der Waals surface area (Å²) in [5.41, 5.74) is 0. The predicted octanol–water partition coefficient (Wildman–Crippen LogP) is -1.81. The van der Waals surface area contributed by atoms with Crippen molar-refractivity contribution in [2.75, 3.05) is 32.7 Å². The Hall–Kier alpha value is -1.14. The molecule has 1 unspecified atom stereocenters. The first-order chi connectivity index (χ1) is 7.74. The summed E-state index contributed by atoms with van der Waals surface area (Å²) in [5, 5.41) is 11.7.